The lowest BCUT2D eigenvalue weighted by molar-refractivity contribution is 0.0697. The van der Waals surface area contributed by atoms with Gasteiger partial charge in [-0.2, -0.15) is 5.26 Å². The average molecular weight is 256 g/mol. The molecule has 0 spiro atoms. The Morgan fingerprint density at radius 2 is 2.00 bits per heavy atom. The molecule has 5 heteroatoms. The van der Waals surface area contributed by atoms with Gasteiger partial charge in [0.25, 0.3) is 0 Å². The van der Waals surface area contributed by atoms with E-state index in [0.29, 0.717) is 11.3 Å². The Bertz CT molecular complexity index is 677. The molecule has 0 saturated carbocycles. The van der Waals surface area contributed by atoms with Gasteiger partial charge in [-0.1, -0.05) is 12.1 Å². The zero-order valence-corrected chi connectivity index (χ0v) is 9.72. The summed E-state index contributed by atoms with van der Waals surface area (Å²) in [5.41, 5.74) is 0.567. The number of nitrogens with one attached hydrogen (secondary N) is 1. The lowest BCUT2D eigenvalue weighted by atomic mass is 10.1. The molecule has 19 heavy (non-hydrogen) atoms. The van der Waals surface area contributed by atoms with Crippen LogP contribution in [0.2, 0.25) is 0 Å². The summed E-state index contributed by atoms with van der Waals surface area (Å²) in [7, 11) is 0. The molecule has 0 radical (unpaired) electrons. The highest BCUT2D eigenvalue weighted by Gasteiger charge is 2.14. The Morgan fingerprint density at radius 1 is 1.26 bits per heavy atom. The fourth-order valence-corrected chi connectivity index (χ4v) is 1.64. The third-order valence-electron chi connectivity index (χ3n) is 2.51. The van der Waals surface area contributed by atoms with Crippen molar-refractivity contribution >= 4 is 17.3 Å². The van der Waals surface area contributed by atoms with E-state index < -0.39 is 11.8 Å². The number of carboxylic acids is 1. The summed E-state index contributed by atoms with van der Waals surface area (Å²) in [6.07, 6.45) is 0. The van der Waals surface area contributed by atoms with E-state index in [-0.39, 0.29) is 11.3 Å². The first kappa shape index (κ1) is 12.6. The Labute approximate surface area is 108 Å². The molecular formula is C14H9FN2O2. The number of aromatic carboxylic acids is 1. The van der Waals surface area contributed by atoms with E-state index in [1.807, 2.05) is 6.07 Å². The summed E-state index contributed by atoms with van der Waals surface area (Å²) in [6, 6.07) is 12.1. The van der Waals surface area contributed by atoms with Crippen molar-refractivity contribution in [1.82, 2.24) is 0 Å². The zero-order chi connectivity index (χ0) is 13.8. The highest BCUT2D eigenvalue weighted by molar-refractivity contribution is 5.95. The van der Waals surface area contributed by atoms with E-state index in [1.54, 1.807) is 18.2 Å². The number of carboxylic acid groups (broad SMARTS) is 1. The first-order chi connectivity index (χ1) is 9.11. The highest BCUT2D eigenvalue weighted by Crippen LogP contribution is 2.24. The predicted molar refractivity (Wildman–Crippen MR) is 67.8 cm³/mol. The number of anilines is 2. The van der Waals surface area contributed by atoms with Crippen molar-refractivity contribution in [3.8, 4) is 6.07 Å². The SMILES string of the molecule is N#Cc1cccc(Nc2c(F)cccc2C(=O)O)c1. The Kier molecular flexibility index (Phi) is 3.44. The molecule has 0 fully saturated rings. The Morgan fingerprint density at radius 3 is 2.68 bits per heavy atom. The maximum Gasteiger partial charge on any atom is 0.337 e. The molecule has 0 heterocycles. The van der Waals surface area contributed by atoms with Gasteiger partial charge in [-0.15, -0.1) is 0 Å². The molecule has 0 saturated heterocycles. The number of hydrogen-bond donors (Lipinski definition) is 2. The first-order valence-corrected chi connectivity index (χ1v) is 5.41. The quantitative estimate of drug-likeness (QED) is 0.884. The van der Waals surface area contributed by atoms with Crippen molar-refractivity contribution in [2.24, 2.45) is 0 Å². The number of rotatable bonds is 3. The van der Waals surface area contributed by atoms with Crippen LogP contribution in [0.1, 0.15) is 15.9 Å². The molecule has 0 amide bonds. The summed E-state index contributed by atoms with van der Waals surface area (Å²) >= 11 is 0. The smallest absolute Gasteiger partial charge is 0.337 e. The Hall–Kier alpha value is -2.87. The number of carbonyl (C=O) groups is 1. The molecule has 0 unspecified atom stereocenters. The van der Waals surface area contributed by atoms with Gasteiger partial charge in [0.2, 0.25) is 0 Å². The maximum absolute atomic E-state index is 13.7. The molecule has 0 aliphatic heterocycles. The van der Waals surface area contributed by atoms with Crippen molar-refractivity contribution < 1.29 is 14.3 Å². The van der Waals surface area contributed by atoms with Crippen molar-refractivity contribution in [2.45, 2.75) is 0 Å². The fraction of sp³-hybridized carbons (Fsp3) is 0. The number of halogens is 1. The second-order valence-corrected chi connectivity index (χ2v) is 3.79. The van der Waals surface area contributed by atoms with E-state index >= 15 is 0 Å². The summed E-state index contributed by atoms with van der Waals surface area (Å²) in [5.74, 6) is -1.89. The van der Waals surface area contributed by atoms with E-state index in [0.717, 1.165) is 0 Å². The van der Waals surface area contributed by atoms with Gasteiger partial charge in [-0.3, -0.25) is 0 Å². The fourth-order valence-electron chi connectivity index (χ4n) is 1.64. The summed E-state index contributed by atoms with van der Waals surface area (Å²) in [4.78, 5) is 11.0. The van der Waals surface area contributed by atoms with Gasteiger partial charge in [0, 0.05) is 5.69 Å². The summed E-state index contributed by atoms with van der Waals surface area (Å²) in [6.45, 7) is 0. The number of benzene rings is 2. The van der Waals surface area contributed by atoms with Gasteiger partial charge < -0.3 is 10.4 Å². The monoisotopic (exact) mass is 256 g/mol. The van der Waals surface area contributed by atoms with Crippen LogP contribution >= 0.6 is 0 Å². The van der Waals surface area contributed by atoms with Crippen molar-refractivity contribution in [3.05, 3.63) is 59.4 Å². The van der Waals surface area contributed by atoms with Gasteiger partial charge in [0.1, 0.15) is 5.82 Å². The minimum absolute atomic E-state index is 0.120. The van der Waals surface area contributed by atoms with Crippen LogP contribution in [0.15, 0.2) is 42.5 Å². The normalized spacial score (nSPS) is 9.68. The second kappa shape index (κ2) is 5.19. The van der Waals surface area contributed by atoms with E-state index in [2.05, 4.69) is 5.32 Å². The second-order valence-electron chi connectivity index (χ2n) is 3.79. The molecule has 0 bridgehead atoms. The van der Waals surface area contributed by atoms with Crippen LogP contribution in [-0.4, -0.2) is 11.1 Å². The third-order valence-corrected chi connectivity index (χ3v) is 2.51. The summed E-state index contributed by atoms with van der Waals surface area (Å²) in [5, 5.41) is 20.5. The lowest BCUT2D eigenvalue weighted by Crippen LogP contribution is -2.04. The van der Waals surface area contributed by atoms with Gasteiger partial charge >= 0.3 is 5.97 Å². The number of nitrogens with zero attached hydrogens (tertiary/aromatic N) is 1. The molecule has 0 aliphatic carbocycles. The largest absolute Gasteiger partial charge is 0.478 e. The third kappa shape index (κ3) is 2.69. The average Bonchev–Trinajstić information content (AvgIpc) is 2.41. The van der Waals surface area contributed by atoms with Crippen LogP contribution in [-0.2, 0) is 0 Å². The molecule has 2 aromatic rings. The van der Waals surface area contributed by atoms with Crippen LogP contribution < -0.4 is 5.32 Å². The molecule has 2 aromatic carbocycles. The van der Waals surface area contributed by atoms with Crippen molar-refractivity contribution in [2.75, 3.05) is 5.32 Å². The van der Waals surface area contributed by atoms with Crippen LogP contribution in [0.25, 0.3) is 0 Å². The molecule has 2 rings (SSSR count). The number of para-hydroxylation sites is 1. The lowest BCUT2D eigenvalue weighted by Gasteiger charge is -2.10. The van der Waals surface area contributed by atoms with Crippen LogP contribution in [0.3, 0.4) is 0 Å². The molecule has 0 atom stereocenters. The van der Waals surface area contributed by atoms with Gasteiger partial charge in [-0.25, -0.2) is 9.18 Å². The van der Waals surface area contributed by atoms with E-state index in [9.17, 15) is 9.18 Å². The molecular weight excluding hydrogens is 247 g/mol. The van der Waals surface area contributed by atoms with Crippen molar-refractivity contribution in [1.29, 1.82) is 5.26 Å². The zero-order valence-electron chi connectivity index (χ0n) is 9.72. The summed E-state index contributed by atoms with van der Waals surface area (Å²) < 4.78 is 13.7. The molecule has 4 nitrogen and oxygen atoms in total. The van der Waals surface area contributed by atoms with Gasteiger partial charge in [0.15, 0.2) is 0 Å². The predicted octanol–water partition coefficient (Wildman–Crippen LogP) is 3.14. The van der Waals surface area contributed by atoms with Crippen molar-refractivity contribution in [3.63, 3.8) is 0 Å². The first-order valence-electron chi connectivity index (χ1n) is 5.41. The van der Waals surface area contributed by atoms with E-state index in [4.69, 9.17) is 10.4 Å². The van der Waals surface area contributed by atoms with E-state index in [1.165, 1.54) is 24.3 Å². The van der Waals surface area contributed by atoms with Crippen LogP contribution in [0.5, 0.6) is 0 Å². The minimum atomic E-state index is -1.22. The molecule has 94 valence electrons. The maximum atomic E-state index is 13.7. The van der Waals surface area contributed by atoms with Gasteiger partial charge in [-0.05, 0) is 30.3 Å². The Balaban J connectivity index is 2.43. The topological polar surface area (TPSA) is 73.1 Å². The molecule has 0 aliphatic rings. The standard InChI is InChI=1S/C14H9FN2O2/c15-12-6-2-5-11(14(18)19)13(12)17-10-4-1-3-9(7-10)8-16/h1-7,17H,(H,18,19). The van der Waals surface area contributed by atoms with Gasteiger partial charge in [0.05, 0.1) is 22.9 Å². The minimum Gasteiger partial charge on any atom is -0.478 e. The number of nitriles is 1. The molecule has 0 aromatic heterocycles. The van der Waals surface area contributed by atoms with Crippen LogP contribution in [0, 0.1) is 17.1 Å². The number of hydrogen-bond acceptors (Lipinski definition) is 3. The highest BCUT2D eigenvalue weighted by atomic mass is 19.1. The molecule has 2 N–H and O–H groups in total. The van der Waals surface area contributed by atoms with Crippen LogP contribution in [0.4, 0.5) is 15.8 Å².